The van der Waals surface area contributed by atoms with Gasteiger partial charge in [0, 0.05) is 4.90 Å². The summed E-state index contributed by atoms with van der Waals surface area (Å²) < 4.78 is 0. The highest BCUT2D eigenvalue weighted by molar-refractivity contribution is 7.99. The van der Waals surface area contributed by atoms with Crippen molar-refractivity contribution in [3.05, 3.63) is 29.8 Å². The summed E-state index contributed by atoms with van der Waals surface area (Å²) in [6.07, 6.45) is 4.12. The number of nitrogens with one attached hydrogen (secondary N) is 1. The largest absolute Gasteiger partial charge is 0.316 e. The predicted molar refractivity (Wildman–Crippen MR) is 86.1 cm³/mol. The van der Waals surface area contributed by atoms with Gasteiger partial charge in [-0.3, -0.25) is 0 Å². The molecule has 1 atom stereocenters. The van der Waals surface area contributed by atoms with E-state index in [0.717, 1.165) is 5.92 Å². The van der Waals surface area contributed by atoms with Crippen LogP contribution in [0.5, 0.6) is 0 Å². The Hall–Kier alpha value is -0.470. The third-order valence-corrected chi connectivity index (χ3v) is 4.96. The van der Waals surface area contributed by atoms with Gasteiger partial charge >= 0.3 is 0 Å². The van der Waals surface area contributed by atoms with Crippen molar-refractivity contribution in [3.63, 3.8) is 0 Å². The summed E-state index contributed by atoms with van der Waals surface area (Å²) in [6.45, 7) is 9.25. The molecular weight excluding hydrogens is 250 g/mol. The van der Waals surface area contributed by atoms with E-state index in [2.05, 4.69) is 50.4 Å². The van der Waals surface area contributed by atoms with Crippen molar-refractivity contribution < 1.29 is 0 Å². The fraction of sp³-hybridized carbons (Fsp3) is 0.647. The van der Waals surface area contributed by atoms with E-state index in [4.69, 9.17) is 0 Å². The molecule has 19 heavy (non-hydrogen) atoms. The first-order chi connectivity index (χ1) is 9.05. The molecule has 1 unspecified atom stereocenters. The van der Waals surface area contributed by atoms with Crippen LogP contribution in [0.3, 0.4) is 0 Å². The minimum Gasteiger partial charge on any atom is -0.316 e. The van der Waals surface area contributed by atoms with E-state index in [0.29, 0.717) is 0 Å². The topological polar surface area (TPSA) is 12.0 Å². The Morgan fingerprint density at radius 3 is 2.53 bits per heavy atom. The van der Waals surface area contributed by atoms with Crippen LogP contribution in [0, 0.1) is 5.92 Å². The normalized spacial score (nSPS) is 20.5. The second kappa shape index (κ2) is 6.81. The number of rotatable bonds is 4. The van der Waals surface area contributed by atoms with Crippen LogP contribution in [0.25, 0.3) is 0 Å². The summed E-state index contributed by atoms with van der Waals surface area (Å²) in [7, 11) is 0. The molecule has 0 saturated carbocycles. The standard InChI is InChI=1S/C17H27NS/c1-17(2,3)15-6-8-16(9-7-15)19-12-10-14-5-4-11-18-13-14/h6-9,14,18H,4-5,10-13H2,1-3H3. The van der Waals surface area contributed by atoms with Gasteiger partial charge in [0.05, 0.1) is 0 Å². The second-order valence-electron chi connectivity index (χ2n) is 6.62. The van der Waals surface area contributed by atoms with Crippen LogP contribution in [-0.4, -0.2) is 18.8 Å². The second-order valence-corrected chi connectivity index (χ2v) is 7.79. The minimum atomic E-state index is 0.261. The van der Waals surface area contributed by atoms with Gasteiger partial charge in [0.25, 0.3) is 0 Å². The molecule has 0 aromatic heterocycles. The van der Waals surface area contributed by atoms with E-state index in [1.54, 1.807) is 0 Å². The van der Waals surface area contributed by atoms with Gasteiger partial charge in [0.15, 0.2) is 0 Å². The van der Waals surface area contributed by atoms with Gasteiger partial charge in [0.2, 0.25) is 0 Å². The fourth-order valence-corrected chi connectivity index (χ4v) is 3.58. The van der Waals surface area contributed by atoms with Crippen molar-refractivity contribution in [2.75, 3.05) is 18.8 Å². The smallest absolute Gasteiger partial charge is 0.00721 e. The van der Waals surface area contributed by atoms with Crippen LogP contribution in [0.15, 0.2) is 29.2 Å². The van der Waals surface area contributed by atoms with Crippen molar-refractivity contribution in [2.24, 2.45) is 5.92 Å². The lowest BCUT2D eigenvalue weighted by molar-refractivity contribution is 0.371. The molecule has 0 spiro atoms. The van der Waals surface area contributed by atoms with Crippen LogP contribution in [-0.2, 0) is 5.41 Å². The van der Waals surface area contributed by atoms with E-state index in [-0.39, 0.29) is 5.41 Å². The van der Waals surface area contributed by atoms with Gasteiger partial charge in [-0.2, -0.15) is 0 Å². The quantitative estimate of drug-likeness (QED) is 0.815. The van der Waals surface area contributed by atoms with Crippen molar-refractivity contribution in [2.45, 2.75) is 50.3 Å². The maximum atomic E-state index is 3.50. The minimum absolute atomic E-state index is 0.261. The molecule has 1 aromatic rings. The Labute approximate surface area is 122 Å². The number of hydrogen-bond donors (Lipinski definition) is 1. The first kappa shape index (κ1) is 14.9. The molecule has 1 heterocycles. The van der Waals surface area contributed by atoms with Gasteiger partial charge in [-0.15, -0.1) is 11.8 Å². The highest BCUT2D eigenvalue weighted by Gasteiger charge is 2.14. The van der Waals surface area contributed by atoms with Crippen molar-refractivity contribution in [3.8, 4) is 0 Å². The molecule has 1 N–H and O–H groups in total. The zero-order valence-electron chi connectivity index (χ0n) is 12.5. The molecule has 1 nitrogen and oxygen atoms in total. The van der Waals surface area contributed by atoms with Gasteiger partial charge in [-0.1, -0.05) is 32.9 Å². The van der Waals surface area contributed by atoms with E-state index in [1.807, 2.05) is 11.8 Å². The maximum Gasteiger partial charge on any atom is 0.00721 e. The molecule has 0 amide bonds. The van der Waals surface area contributed by atoms with Gasteiger partial charge in [-0.25, -0.2) is 0 Å². The summed E-state index contributed by atoms with van der Waals surface area (Å²) in [5.74, 6) is 2.15. The van der Waals surface area contributed by atoms with E-state index in [9.17, 15) is 0 Å². The van der Waals surface area contributed by atoms with Crippen LogP contribution in [0.2, 0.25) is 0 Å². The molecule has 1 aromatic carbocycles. The highest BCUT2D eigenvalue weighted by atomic mass is 32.2. The summed E-state index contributed by atoms with van der Waals surface area (Å²) in [5.41, 5.74) is 1.69. The Kier molecular flexibility index (Phi) is 5.35. The van der Waals surface area contributed by atoms with Gasteiger partial charge in [0.1, 0.15) is 0 Å². The third-order valence-electron chi connectivity index (χ3n) is 3.91. The van der Waals surface area contributed by atoms with Crippen molar-refractivity contribution in [1.82, 2.24) is 5.32 Å². The number of piperidine rings is 1. The van der Waals surface area contributed by atoms with Gasteiger partial charge in [-0.05, 0) is 67.1 Å². The molecule has 1 aliphatic rings. The molecular formula is C17H27NS. The first-order valence-corrected chi connectivity index (χ1v) is 8.48. The van der Waals surface area contributed by atoms with Crippen LogP contribution < -0.4 is 5.32 Å². The SMILES string of the molecule is CC(C)(C)c1ccc(SCCC2CCCNC2)cc1. The summed E-state index contributed by atoms with van der Waals surface area (Å²) in [4.78, 5) is 1.41. The fourth-order valence-electron chi connectivity index (χ4n) is 2.56. The number of benzene rings is 1. The Balaban J connectivity index is 1.76. The van der Waals surface area contributed by atoms with E-state index >= 15 is 0 Å². The molecule has 106 valence electrons. The average Bonchev–Trinajstić information content (AvgIpc) is 2.39. The summed E-state index contributed by atoms with van der Waals surface area (Å²) in [5, 5.41) is 3.50. The van der Waals surface area contributed by atoms with Crippen molar-refractivity contribution in [1.29, 1.82) is 0 Å². The molecule has 1 fully saturated rings. The molecule has 0 aliphatic carbocycles. The Bertz CT molecular complexity index is 371. The molecule has 2 rings (SSSR count). The Morgan fingerprint density at radius 1 is 1.21 bits per heavy atom. The van der Waals surface area contributed by atoms with Crippen LogP contribution in [0.1, 0.15) is 45.6 Å². The zero-order chi connectivity index (χ0) is 13.7. The Morgan fingerprint density at radius 2 is 1.95 bits per heavy atom. The van der Waals surface area contributed by atoms with Crippen molar-refractivity contribution >= 4 is 11.8 Å². The average molecular weight is 277 g/mol. The lowest BCUT2D eigenvalue weighted by Gasteiger charge is -2.22. The molecule has 1 saturated heterocycles. The first-order valence-electron chi connectivity index (χ1n) is 7.50. The van der Waals surface area contributed by atoms with E-state index in [1.165, 1.54) is 48.6 Å². The molecule has 0 bridgehead atoms. The highest BCUT2D eigenvalue weighted by Crippen LogP contribution is 2.27. The zero-order valence-corrected chi connectivity index (χ0v) is 13.4. The number of hydrogen-bond acceptors (Lipinski definition) is 2. The third kappa shape index (κ3) is 4.85. The molecule has 0 radical (unpaired) electrons. The summed E-state index contributed by atoms with van der Waals surface area (Å²) in [6, 6.07) is 9.13. The van der Waals surface area contributed by atoms with E-state index < -0.39 is 0 Å². The van der Waals surface area contributed by atoms with Crippen LogP contribution in [0.4, 0.5) is 0 Å². The lowest BCUT2D eigenvalue weighted by Crippen LogP contribution is -2.29. The lowest BCUT2D eigenvalue weighted by atomic mass is 9.87. The maximum absolute atomic E-state index is 3.50. The van der Waals surface area contributed by atoms with Gasteiger partial charge < -0.3 is 5.32 Å². The number of thioether (sulfide) groups is 1. The monoisotopic (exact) mass is 277 g/mol. The molecule has 1 aliphatic heterocycles. The summed E-state index contributed by atoms with van der Waals surface area (Å²) >= 11 is 2.01. The predicted octanol–water partition coefficient (Wildman–Crippen LogP) is 4.47. The van der Waals surface area contributed by atoms with Crippen LogP contribution >= 0.6 is 11.8 Å². The molecule has 2 heteroatoms.